The SMILES string of the molecule is COc1cccc(NC(=S)NCCCOC(C)C)c1. The van der Waals surface area contributed by atoms with Crippen molar-refractivity contribution in [1.82, 2.24) is 5.32 Å². The molecular weight excluding hydrogens is 260 g/mol. The summed E-state index contributed by atoms with van der Waals surface area (Å²) in [5.41, 5.74) is 0.912. The average Bonchev–Trinajstić information content (AvgIpc) is 2.38. The van der Waals surface area contributed by atoms with E-state index in [4.69, 9.17) is 21.7 Å². The van der Waals surface area contributed by atoms with E-state index in [2.05, 4.69) is 10.6 Å². The van der Waals surface area contributed by atoms with Gasteiger partial charge in [0.15, 0.2) is 5.11 Å². The molecule has 0 unspecified atom stereocenters. The van der Waals surface area contributed by atoms with Crippen molar-refractivity contribution in [2.75, 3.05) is 25.6 Å². The van der Waals surface area contributed by atoms with E-state index < -0.39 is 0 Å². The van der Waals surface area contributed by atoms with Crippen LogP contribution in [-0.2, 0) is 4.74 Å². The molecule has 0 heterocycles. The van der Waals surface area contributed by atoms with Crippen molar-refractivity contribution in [2.45, 2.75) is 26.4 Å². The minimum absolute atomic E-state index is 0.280. The molecule has 2 N–H and O–H groups in total. The van der Waals surface area contributed by atoms with Gasteiger partial charge in [-0.1, -0.05) is 6.07 Å². The van der Waals surface area contributed by atoms with Gasteiger partial charge < -0.3 is 20.1 Å². The maximum atomic E-state index is 5.45. The van der Waals surface area contributed by atoms with Crippen LogP contribution in [0.1, 0.15) is 20.3 Å². The number of nitrogens with one attached hydrogen (secondary N) is 2. The van der Waals surface area contributed by atoms with Gasteiger partial charge in [-0.05, 0) is 44.6 Å². The van der Waals surface area contributed by atoms with E-state index in [0.717, 1.165) is 31.0 Å². The third-order valence-corrected chi connectivity index (χ3v) is 2.63. The predicted octanol–water partition coefficient (Wildman–Crippen LogP) is 2.80. The Balaban J connectivity index is 2.23. The maximum Gasteiger partial charge on any atom is 0.170 e. The standard InChI is InChI=1S/C14H22N2O2S/c1-11(2)18-9-5-8-15-14(19)16-12-6-4-7-13(10-12)17-3/h4,6-7,10-11H,5,8-9H2,1-3H3,(H2,15,16,19). The lowest BCUT2D eigenvalue weighted by Crippen LogP contribution is -2.29. The average molecular weight is 282 g/mol. The first-order valence-electron chi connectivity index (χ1n) is 6.42. The summed E-state index contributed by atoms with van der Waals surface area (Å²) in [5, 5.41) is 6.87. The molecule has 1 rings (SSSR count). The molecule has 0 saturated heterocycles. The van der Waals surface area contributed by atoms with E-state index in [1.807, 2.05) is 38.1 Å². The Kier molecular flexibility index (Phi) is 7.22. The number of methoxy groups -OCH3 is 1. The van der Waals surface area contributed by atoms with Crippen molar-refractivity contribution in [3.05, 3.63) is 24.3 Å². The zero-order valence-corrected chi connectivity index (χ0v) is 12.5. The first-order chi connectivity index (χ1) is 9.11. The summed E-state index contributed by atoms with van der Waals surface area (Å²) in [6.45, 7) is 5.60. The number of benzene rings is 1. The lowest BCUT2D eigenvalue weighted by Gasteiger charge is -2.12. The smallest absolute Gasteiger partial charge is 0.170 e. The number of rotatable bonds is 7. The molecule has 0 bridgehead atoms. The highest BCUT2D eigenvalue weighted by molar-refractivity contribution is 7.80. The van der Waals surface area contributed by atoms with Crippen molar-refractivity contribution >= 4 is 23.0 Å². The summed E-state index contributed by atoms with van der Waals surface area (Å²) in [6, 6.07) is 7.65. The molecule has 0 aromatic heterocycles. The zero-order chi connectivity index (χ0) is 14.1. The molecular formula is C14H22N2O2S. The lowest BCUT2D eigenvalue weighted by molar-refractivity contribution is 0.0777. The zero-order valence-electron chi connectivity index (χ0n) is 11.7. The number of hydrogen-bond acceptors (Lipinski definition) is 3. The first kappa shape index (κ1) is 15.7. The maximum absolute atomic E-state index is 5.45. The minimum Gasteiger partial charge on any atom is -0.497 e. The highest BCUT2D eigenvalue weighted by atomic mass is 32.1. The van der Waals surface area contributed by atoms with Crippen molar-refractivity contribution in [3.63, 3.8) is 0 Å². The highest BCUT2D eigenvalue weighted by Crippen LogP contribution is 2.16. The normalized spacial score (nSPS) is 10.3. The molecule has 1 aromatic carbocycles. The van der Waals surface area contributed by atoms with Crippen LogP contribution < -0.4 is 15.4 Å². The largest absolute Gasteiger partial charge is 0.497 e. The topological polar surface area (TPSA) is 42.5 Å². The van der Waals surface area contributed by atoms with E-state index in [-0.39, 0.29) is 6.10 Å². The molecule has 0 aliphatic heterocycles. The summed E-state index contributed by atoms with van der Waals surface area (Å²) in [6.07, 6.45) is 1.21. The number of ether oxygens (including phenoxy) is 2. The molecule has 0 fully saturated rings. The Hall–Kier alpha value is -1.33. The van der Waals surface area contributed by atoms with Crippen molar-refractivity contribution in [3.8, 4) is 5.75 Å². The molecule has 0 saturated carbocycles. The van der Waals surface area contributed by atoms with Gasteiger partial charge in [-0.25, -0.2) is 0 Å². The molecule has 4 nitrogen and oxygen atoms in total. The van der Waals surface area contributed by atoms with E-state index in [0.29, 0.717) is 5.11 Å². The molecule has 19 heavy (non-hydrogen) atoms. The first-order valence-corrected chi connectivity index (χ1v) is 6.83. The third-order valence-electron chi connectivity index (χ3n) is 2.39. The van der Waals surface area contributed by atoms with Crippen LogP contribution in [0.2, 0.25) is 0 Å². The lowest BCUT2D eigenvalue weighted by atomic mass is 10.3. The van der Waals surface area contributed by atoms with Gasteiger partial charge in [0.1, 0.15) is 5.75 Å². The highest BCUT2D eigenvalue weighted by Gasteiger charge is 1.99. The number of anilines is 1. The number of hydrogen-bond donors (Lipinski definition) is 2. The Morgan fingerprint density at radius 2 is 2.16 bits per heavy atom. The van der Waals surface area contributed by atoms with E-state index in [1.54, 1.807) is 7.11 Å². The van der Waals surface area contributed by atoms with E-state index in [1.165, 1.54) is 0 Å². The Bertz CT molecular complexity index is 397. The quantitative estimate of drug-likeness (QED) is 0.594. The van der Waals surface area contributed by atoms with Crippen molar-refractivity contribution in [2.24, 2.45) is 0 Å². The minimum atomic E-state index is 0.280. The van der Waals surface area contributed by atoms with E-state index >= 15 is 0 Å². The van der Waals surface area contributed by atoms with Gasteiger partial charge in [0.2, 0.25) is 0 Å². The van der Waals surface area contributed by atoms with Gasteiger partial charge in [0.05, 0.1) is 13.2 Å². The Labute approximate surface area is 120 Å². The van der Waals surface area contributed by atoms with Crippen LogP contribution in [0.4, 0.5) is 5.69 Å². The van der Waals surface area contributed by atoms with Gasteiger partial charge in [0.25, 0.3) is 0 Å². The second-order valence-electron chi connectivity index (χ2n) is 4.39. The summed E-state index contributed by atoms with van der Waals surface area (Å²) in [4.78, 5) is 0. The van der Waals surface area contributed by atoms with Crippen LogP contribution in [0.3, 0.4) is 0 Å². The number of thiocarbonyl (C=S) groups is 1. The summed E-state index contributed by atoms with van der Waals surface area (Å²) in [5.74, 6) is 0.804. The monoisotopic (exact) mass is 282 g/mol. The van der Waals surface area contributed by atoms with Crippen molar-refractivity contribution in [1.29, 1.82) is 0 Å². The molecule has 0 amide bonds. The fourth-order valence-corrected chi connectivity index (χ4v) is 1.69. The predicted molar refractivity (Wildman–Crippen MR) is 82.9 cm³/mol. The van der Waals surface area contributed by atoms with Crippen LogP contribution in [-0.4, -0.2) is 31.5 Å². The van der Waals surface area contributed by atoms with Crippen LogP contribution in [0.25, 0.3) is 0 Å². The summed E-state index contributed by atoms with van der Waals surface area (Å²) >= 11 is 5.21. The van der Waals surface area contributed by atoms with Gasteiger partial charge in [-0.15, -0.1) is 0 Å². The second-order valence-corrected chi connectivity index (χ2v) is 4.79. The fraction of sp³-hybridized carbons (Fsp3) is 0.500. The second kappa shape index (κ2) is 8.72. The molecule has 0 aliphatic rings. The Morgan fingerprint density at radius 1 is 1.37 bits per heavy atom. The van der Waals surface area contributed by atoms with Crippen LogP contribution in [0.5, 0.6) is 5.75 Å². The molecule has 106 valence electrons. The van der Waals surface area contributed by atoms with Crippen LogP contribution >= 0.6 is 12.2 Å². The molecule has 1 aromatic rings. The van der Waals surface area contributed by atoms with Crippen LogP contribution in [0, 0.1) is 0 Å². The fourth-order valence-electron chi connectivity index (χ4n) is 1.47. The van der Waals surface area contributed by atoms with Crippen molar-refractivity contribution < 1.29 is 9.47 Å². The van der Waals surface area contributed by atoms with Gasteiger partial charge in [-0.2, -0.15) is 0 Å². The summed E-state index contributed by atoms with van der Waals surface area (Å²) in [7, 11) is 1.64. The van der Waals surface area contributed by atoms with Gasteiger partial charge in [-0.3, -0.25) is 0 Å². The van der Waals surface area contributed by atoms with Crippen LogP contribution in [0.15, 0.2) is 24.3 Å². The Morgan fingerprint density at radius 3 is 2.84 bits per heavy atom. The van der Waals surface area contributed by atoms with Gasteiger partial charge >= 0.3 is 0 Å². The molecule has 5 heteroatoms. The molecule has 0 aliphatic carbocycles. The summed E-state index contributed by atoms with van der Waals surface area (Å²) < 4.78 is 10.6. The molecule has 0 atom stereocenters. The van der Waals surface area contributed by atoms with Gasteiger partial charge in [0, 0.05) is 24.9 Å². The third kappa shape index (κ3) is 6.98. The van der Waals surface area contributed by atoms with E-state index in [9.17, 15) is 0 Å². The molecule has 0 spiro atoms. The molecule has 0 radical (unpaired) electrons.